The number of carbonyl (C=O) groups excluding carboxylic acids is 2. The lowest BCUT2D eigenvalue weighted by molar-refractivity contribution is -0.112. The summed E-state index contributed by atoms with van der Waals surface area (Å²) >= 11 is 1.17. The maximum atomic E-state index is 12.5. The molecule has 2 heterocycles. The van der Waals surface area contributed by atoms with Gasteiger partial charge in [0, 0.05) is 36.6 Å². The molecular weight excluding hydrogens is 475 g/mol. The van der Waals surface area contributed by atoms with Crippen molar-refractivity contribution in [2.24, 2.45) is 0 Å². The van der Waals surface area contributed by atoms with Crippen LogP contribution < -0.4 is 10.6 Å². The molecule has 196 valence electrons. The smallest absolute Gasteiger partial charge is 0.271 e. The number of thiazole rings is 1. The van der Waals surface area contributed by atoms with E-state index in [0.29, 0.717) is 5.13 Å². The molecule has 6 nitrogen and oxygen atoms in total. The van der Waals surface area contributed by atoms with Gasteiger partial charge in [0.15, 0.2) is 5.13 Å². The third-order valence-electron chi connectivity index (χ3n) is 4.87. The topological polar surface area (TPSA) is 74.3 Å². The van der Waals surface area contributed by atoms with E-state index in [9.17, 15) is 14.0 Å². The molecule has 1 aromatic carbocycles. The minimum Gasteiger partial charge on any atom is -0.348 e. The Balaban J connectivity index is 0.00000159. The number of piperidine rings is 1. The Bertz CT molecular complexity index is 949. The molecule has 0 spiro atoms. The Morgan fingerprint density at radius 3 is 2.36 bits per heavy atom. The van der Waals surface area contributed by atoms with Crippen LogP contribution in [-0.4, -0.2) is 47.5 Å². The number of likely N-dealkylation sites (tertiary alicyclic amines) is 1. The summed E-state index contributed by atoms with van der Waals surface area (Å²) in [5, 5.41) is 7.55. The minimum absolute atomic E-state index is 0.115. The van der Waals surface area contributed by atoms with Gasteiger partial charge in [0.25, 0.3) is 11.8 Å². The van der Waals surface area contributed by atoms with Crippen LogP contribution in [0.2, 0.25) is 0 Å². The van der Waals surface area contributed by atoms with Crippen LogP contribution in [0, 0.1) is 12.8 Å². The quantitative estimate of drug-likeness (QED) is 0.276. The van der Waals surface area contributed by atoms with Gasteiger partial charge in [-0.2, -0.15) is 0 Å². The summed E-state index contributed by atoms with van der Waals surface area (Å²) in [5.74, 6) is -0.658. The summed E-state index contributed by atoms with van der Waals surface area (Å²) in [5.41, 5.74) is 1.85. The van der Waals surface area contributed by atoms with Gasteiger partial charge in [0.1, 0.15) is 12.4 Å². The van der Waals surface area contributed by atoms with Crippen LogP contribution in [0.3, 0.4) is 0 Å². The van der Waals surface area contributed by atoms with Crippen molar-refractivity contribution in [2.75, 3.05) is 25.1 Å². The summed E-state index contributed by atoms with van der Waals surface area (Å²) in [6.45, 7) is 12.9. The Morgan fingerprint density at radius 2 is 1.81 bits per heavy atom. The van der Waals surface area contributed by atoms with E-state index >= 15 is 0 Å². The van der Waals surface area contributed by atoms with Crippen LogP contribution >= 0.6 is 11.3 Å². The third-order valence-corrected chi connectivity index (χ3v) is 5.63. The van der Waals surface area contributed by atoms with Crippen molar-refractivity contribution >= 4 is 28.3 Å². The number of amides is 2. The lowest BCUT2D eigenvalue weighted by Gasteiger charge is -2.32. The Labute approximate surface area is 219 Å². The SMILES string of the molecule is C#C.C/C(=C\CF)C(=O)Nc1nc(C(=O)NC2CCN(Cc3ccccc3)CC2)cs1.C=CC.CC. The van der Waals surface area contributed by atoms with E-state index in [0.717, 1.165) is 32.5 Å². The Hall–Kier alpha value is -3.28. The molecule has 0 atom stereocenters. The largest absolute Gasteiger partial charge is 0.348 e. The molecule has 36 heavy (non-hydrogen) atoms. The van der Waals surface area contributed by atoms with Gasteiger partial charge in [-0.05, 0) is 38.3 Å². The van der Waals surface area contributed by atoms with Crippen molar-refractivity contribution in [3.63, 3.8) is 0 Å². The van der Waals surface area contributed by atoms with Crippen molar-refractivity contribution in [3.05, 3.63) is 71.3 Å². The monoisotopic (exact) mass is 514 g/mol. The maximum absolute atomic E-state index is 12.5. The highest BCUT2D eigenvalue weighted by Gasteiger charge is 2.22. The molecule has 1 aliphatic heterocycles. The van der Waals surface area contributed by atoms with Gasteiger partial charge in [-0.1, -0.05) is 50.3 Å². The van der Waals surface area contributed by atoms with Gasteiger partial charge in [-0.25, -0.2) is 9.37 Å². The molecule has 2 amide bonds. The van der Waals surface area contributed by atoms with Crippen molar-refractivity contribution in [1.82, 2.24) is 15.2 Å². The number of anilines is 1. The number of rotatable bonds is 7. The second-order valence-corrected chi connectivity index (χ2v) is 8.31. The summed E-state index contributed by atoms with van der Waals surface area (Å²) in [6.07, 6.45) is 12.7. The number of nitrogens with one attached hydrogen (secondary N) is 2. The fraction of sp³-hybridized carbons (Fsp3) is 0.393. The molecule has 0 unspecified atom stereocenters. The number of aromatic nitrogens is 1. The molecule has 1 aliphatic rings. The molecule has 0 aliphatic carbocycles. The number of alkyl halides is 1. The van der Waals surface area contributed by atoms with E-state index in [1.54, 1.807) is 11.5 Å². The van der Waals surface area contributed by atoms with Gasteiger partial charge >= 0.3 is 0 Å². The first-order valence-electron chi connectivity index (χ1n) is 11.9. The Kier molecular flexibility index (Phi) is 18.1. The number of hydrogen-bond donors (Lipinski definition) is 2. The molecule has 1 fully saturated rings. The molecule has 0 bridgehead atoms. The summed E-state index contributed by atoms with van der Waals surface area (Å²) < 4.78 is 12.3. The van der Waals surface area contributed by atoms with Crippen LogP contribution in [0.4, 0.5) is 9.52 Å². The highest BCUT2D eigenvalue weighted by molar-refractivity contribution is 7.14. The van der Waals surface area contributed by atoms with E-state index < -0.39 is 12.6 Å². The van der Waals surface area contributed by atoms with E-state index in [2.05, 4.69) is 52.1 Å². The lowest BCUT2D eigenvalue weighted by atomic mass is 10.0. The van der Waals surface area contributed by atoms with Crippen molar-refractivity contribution in [2.45, 2.75) is 53.1 Å². The fourth-order valence-corrected chi connectivity index (χ4v) is 3.86. The summed E-state index contributed by atoms with van der Waals surface area (Å²) in [7, 11) is 0. The van der Waals surface area contributed by atoms with Crippen LogP contribution in [0.25, 0.3) is 0 Å². The highest BCUT2D eigenvalue weighted by atomic mass is 32.1. The zero-order valence-corrected chi connectivity index (χ0v) is 22.6. The van der Waals surface area contributed by atoms with Crippen LogP contribution in [-0.2, 0) is 11.3 Å². The lowest BCUT2D eigenvalue weighted by Crippen LogP contribution is -2.44. The van der Waals surface area contributed by atoms with Gasteiger partial charge in [-0.3, -0.25) is 19.8 Å². The predicted molar refractivity (Wildman–Crippen MR) is 150 cm³/mol. The zero-order valence-electron chi connectivity index (χ0n) is 21.8. The fourth-order valence-electron chi connectivity index (χ4n) is 3.18. The number of nitrogens with zero attached hydrogens (tertiary/aromatic N) is 2. The molecular formula is C28H39FN4O2S. The van der Waals surface area contributed by atoms with Crippen LogP contribution in [0.15, 0.2) is 60.0 Å². The van der Waals surface area contributed by atoms with Crippen molar-refractivity contribution in [1.29, 1.82) is 0 Å². The number of allylic oxidation sites excluding steroid dienone is 2. The Morgan fingerprint density at radius 1 is 1.22 bits per heavy atom. The highest BCUT2D eigenvalue weighted by Crippen LogP contribution is 2.18. The molecule has 0 saturated carbocycles. The third kappa shape index (κ3) is 12.4. The average molecular weight is 515 g/mol. The molecule has 3 rings (SSSR count). The average Bonchev–Trinajstić information content (AvgIpc) is 3.37. The number of hydrogen-bond acceptors (Lipinski definition) is 5. The van der Waals surface area contributed by atoms with Crippen molar-refractivity contribution < 1.29 is 14.0 Å². The normalized spacial score (nSPS) is 13.4. The summed E-state index contributed by atoms with van der Waals surface area (Å²) in [6, 6.07) is 10.5. The molecule has 8 heteroatoms. The predicted octanol–water partition coefficient (Wildman–Crippen LogP) is 5.86. The molecule has 2 N–H and O–H groups in total. The molecule has 0 radical (unpaired) electrons. The van der Waals surface area contributed by atoms with E-state index in [-0.39, 0.29) is 23.2 Å². The minimum atomic E-state index is -0.699. The zero-order chi connectivity index (χ0) is 27.3. The standard InChI is InChI=1S/C21H25FN4O2S.C3H6.C2H6.C2H2/c1-15(7-10-22)19(27)25-21-24-18(14-29-21)20(28)23-17-8-11-26(12-9-17)13-16-5-3-2-4-6-16;1-3-2;2*1-2/h2-7,14,17H,8-13H2,1H3,(H,23,28)(H,24,25,27);3H,1H2,2H3;1-2H3;1-2H/b15-7+;;;. The second kappa shape index (κ2) is 20.0. The van der Waals surface area contributed by atoms with E-state index in [1.807, 2.05) is 39.0 Å². The van der Waals surface area contributed by atoms with Crippen molar-refractivity contribution in [3.8, 4) is 12.8 Å². The van der Waals surface area contributed by atoms with Crippen LogP contribution in [0.1, 0.15) is 56.6 Å². The maximum Gasteiger partial charge on any atom is 0.271 e. The summed E-state index contributed by atoms with van der Waals surface area (Å²) in [4.78, 5) is 30.9. The molecule has 1 saturated heterocycles. The van der Waals surface area contributed by atoms with Gasteiger partial charge in [0.2, 0.25) is 0 Å². The number of benzene rings is 1. The van der Waals surface area contributed by atoms with E-state index in [1.165, 1.54) is 29.9 Å². The first-order chi connectivity index (χ1) is 17.5. The van der Waals surface area contributed by atoms with Gasteiger partial charge in [-0.15, -0.1) is 30.8 Å². The first-order valence-corrected chi connectivity index (χ1v) is 12.8. The molecule has 1 aromatic heterocycles. The van der Waals surface area contributed by atoms with Gasteiger partial charge in [0.05, 0.1) is 0 Å². The molecule has 2 aromatic rings. The second-order valence-electron chi connectivity index (χ2n) is 7.45. The van der Waals surface area contributed by atoms with Gasteiger partial charge < -0.3 is 5.32 Å². The van der Waals surface area contributed by atoms with E-state index in [4.69, 9.17) is 0 Å². The van der Waals surface area contributed by atoms with Crippen LogP contribution in [0.5, 0.6) is 0 Å². The first kappa shape index (κ1) is 32.7. The number of terminal acetylenes is 1. The number of halogens is 1. The number of carbonyl (C=O) groups is 2.